The molecule has 2 unspecified atom stereocenters. The normalized spacial score (nSPS) is 28.6. The number of carbonyl (C=O) groups excluding carboxylic acids is 1. The van der Waals surface area contributed by atoms with E-state index in [-0.39, 0.29) is 0 Å². The molecule has 2 atom stereocenters. The van der Waals surface area contributed by atoms with Crippen LogP contribution in [0, 0.1) is 0 Å². The molecule has 116 valence electrons. The topological polar surface area (TPSA) is 23.6 Å². The first-order valence-corrected chi connectivity index (χ1v) is 9.35. The molecule has 0 spiro atoms. The summed E-state index contributed by atoms with van der Waals surface area (Å²) in [5, 5.41) is 0.667. The molecule has 2 aliphatic heterocycles. The predicted molar refractivity (Wildman–Crippen MR) is 87.2 cm³/mol. The van der Waals surface area contributed by atoms with Crippen molar-refractivity contribution in [3.8, 4) is 0 Å². The number of amides is 1. The SMILES string of the molecule is CCSC1CCCCN(C(=O)CCC2CCCN2C)C1. The molecule has 3 nitrogen and oxygen atoms in total. The van der Waals surface area contributed by atoms with Gasteiger partial charge >= 0.3 is 0 Å². The van der Waals surface area contributed by atoms with Crippen molar-refractivity contribution in [3.05, 3.63) is 0 Å². The summed E-state index contributed by atoms with van der Waals surface area (Å²) < 4.78 is 0. The van der Waals surface area contributed by atoms with Gasteiger partial charge in [-0.05, 0) is 51.4 Å². The van der Waals surface area contributed by atoms with Crippen molar-refractivity contribution in [2.75, 3.05) is 32.4 Å². The van der Waals surface area contributed by atoms with Crippen molar-refractivity contribution in [1.82, 2.24) is 9.80 Å². The Morgan fingerprint density at radius 2 is 2.05 bits per heavy atom. The number of hydrogen-bond donors (Lipinski definition) is 0. The van der Waals surface area contributed by atoms with Gasteiger partial charge in [0.2, 0.25) is 5.91 Å². The predicted octanol–water partition coefficient (Wildman–Crippen LogP) is 3.00. The van der Waals surface area contributed by atoms with Crippen LogP contribution >= 0.6 is 11.8 Å². The smallest absolute Gasteiger partial charge is 0.222 e. The van der Waals surface area contributed by atoms with Gasteiger partial charge in [-0.3, -0.25) is 4.79 Å². The molecule has 0 aromatic heterocycles. The van der Waals surface area contributed by atoms with Gasteiger partial charge in [-0.25, -0.2) is 0 Å². The average Bonchev–Trinajstić information content (AvgIpc) is 2.70. The van der Waals surface area contributed by atoms with Crippen LogP contribution in [0.4, 0.5) is 0 Å². The molecule has 0 radical (unpaired) electrons. The van der Waals surface area contributed by atoms with E-state index in [1.807, 2.05) is 11.8 Å². The first kappa shape index (κ1) is 16.2. The zero-order valence-corrected chi connectivity index (χ0v) is 14.0. The lowest BCUT2D eigenvalue weighted by Gasteiger charge is -2.25. The maximum atomic E-state index is 12.5. The van der Waals surface area contributed by atoms with E-state index >= 15 is 0 Å². The highest BCUT2D eigenvalue weighted by molar-refractivity contribution is 7.99. The zero-order valence-electron chi connectivity index (χ0n) is 13.1. The van der Waals surface area contributed by atoms with Crippen molar-refractivity contribution in [3.63, 3.8) is 0 Å². The lowest BCUT2D eigenvalue weighted by Crippen LogP contribution is -2.36. The van der Waals surface area contributed by atoms with Crippen molar-refractivity contribution in [2.24, 2.45) is 0 Å². The molecular weight excluding hydrogens is 268 g/mol. The Balaban J connectivity index is 1.77. The third-order valence-corrected chi connectivity index (χ3v) is 5.94. The van der Waals surface area contributed by atoms with Crippen LogP contribution in [0.15, 0.2) is 0 Å². The lowest BCUT2D eigenvalue weighted by atomic mass is 10.1. The van der Waals surface area contributed by atoms with E-state index in [1.54, 1.807) is 0 Å². The Kier molecular flexibility index (Phi) is 6.69. The highest BCUT2D eigenvalue weighted by Gasteiger charge is 2.25. The number of carbonyl (C=O) groups is 1. The van der Waals surface area contributed by atoms with Crippen LogP contribution in [0.5, 0.6) is 0 Å². The Morgan fingerprint density at radius 3 is 2.75 bits per heavy atom. The molecular formula is C16H30N2OS. The lowest BCUT2D eigenvalue weighted by molar-refractivity contribution is -0.131. The third-order valence-electron chi connectivity index (χ3n) is 4.75. The average molecular weight is 298 g/mol. The molecule has 0 N–H and O–H groups in total. The number of nitrogens with zero attached hydrogens (tertiary/aromatic N) is 2. The van der Waals surface area contributed by atoms with E-state index in [2.05, 4.69) is 23.8 Å². The molecule has 2 aliphatic rings. The van der Waals surface area contributed by atoms with Gasteiger partial charge in [0.1, 0.15) is 0 Å². The van der Waals surface area contributed by atoms with Gasteiger partial charge < -0.3 is 9.80 Å². The van der Waals surface area contributed by atoms with Gasteiger partial charge in [0.05, 0.1) is 0 Å². The number of rotatable bonds is 5. The Bertz CT molecular complexity index is 311. The molecule has 0 aromatic carbocycles. The fraction of sp³-hybridized carbons (Fsp3) is 0.938. The van der Waals surface area contributed by atoms with Gasteiger partial charge in [-0.1, -0.05) is 13.3 Å². The number of likely N-dealkylation sites (tertiary alicyclic amines) is 2. The molecule has 1 amide bonds. The monoisotopic (exact) mass is 298 g/mol. The van der Waals surface area contributed by atoms with E-state index in [0.29, 0.717) is 17.2 Å². The molecule has 0 bridgehead atoms. The second-order valence-corrected chi connectivity index (χ2v) is 7.81. The van der Waals surface area contributed by atoms with E-state index in [9.17, 15) is 4.79 Å². The Labute approximate surface area is 128 Å². The van der Waals surface area contributed by atoms with Crippen LogP contribution in [0.25, 0.3) is 0 Å². The molecule has 4 heteroatoms. The van der Waals surface area contributed by atoms with E-state index in [0.717, 1.165) is 25.9 Å². The fourth-order valence-corrected chi connectivity index (χ4v) is 4.58. The van der Waals surface area contributed by atoms with Gasteiger partial charge in [0.15, 0.2) is 0 Å². The quantitative estimate of drug-likeness (QED) is 0.779. The van der Waals surface area contributed by atoms with Gasteiger partial charge in [-0.15, -0.1) is 0 Å². The minimum atomic E-state index is 0.397. The highest BCUT2D eigenvalue weighted by atomic mass is 32.2. The number of thioether (sulfide) groups is 1. The summed E-state index contributed by atoms with van der Waals surface area (Å²) in [4.78, 5) is 17.0. The second kappa shape index (κ2) is 8.28. The first-order chi connectivity index (χ1) is 9.70. The Morgan fingerprint density at radius 1 is 1.20 bits per heavy atom. The molecule has 2 fully saturated rings. The highest BCUT2D eigenvalue weighted by Crippen LogP contribution is 2.24. The van der Waals surface area contributed by atoms with Crippen molar-refractivity contribution >= 4 is 17.7 Å². The first-order valence-electron chi connectivity index (χ1n) is 8.30. The van der Waals surface area contributed by atoms with Gasteiger partial charge in [0.25, 0.3) is 0 Å². The minimum absolute atomic E-state index is 0.397. The fourth-order valence-electron chi connectivity index (χ4n) is 3.49. The van der Waals surface area contributed by atoms with Crippen molar-refractivity contribution < 1.29 is 4.79 Å². The summed E-state index contributed by atoms with van der Waals surface area (Å²) >= 11 is 2.03. The summed E-state index contributed by atoms with van der Waals surface area (Å²) in [6, 6.07) is 0.645. The molecule has 2 heterocycles. The molecule has 0 saturated carbocycles. The van der Waals surface area contributed by atoms with Crippen LogP contribution < -0.4 is 0 Å². The molecule has 0 aliphatic carbocycles. The summed E-state index contributed by atoms with van der Waals surface area (Å²) in [6.45, 7) is 5.40. The van der Waals surface area contributed by atoms with Crippen LogP contribution in [0.3, 0.4) is 0 Å². The molecule has 0 aromatic rings. The van der Waals surface area contributed by atoms with Gasteiger partial charge in [0, 0.05) is 30.8 Å². The minimum Gasteiger partial charge on any atom is -0.342 e. The van der Waals surface area contributed by atoms with E-state index in [1.165, 1.54) is 44.4 Å². The maximum absolute atomic E-state index is 12.5. The summed E-state index contributed by atoms with van der Waals surface area (Å²) in [7, 11) is 2.20. The van der Waals surface area contributed by atoms with Crippen LogP contribution in [0.1, 0.15) is 51.9 Å². The second-order valence-electron chi connectivity index (χ2n) is 6.23. The molecule has 2 saturated heterocycles. The zero-order chi connectivity index (χ0) is 14.4. The largest absolute Gasteiger partial charge is 0.342 e. The molecule has 20 heavy (non-hydrogen) atoms. The van der Waals surface area contributed by atoms with Crippen molar-refractivity contribution in [1.29, 1.82) is 0 Å². The van der Waals surface area contributed by atoms with E-state index in [4.69, 9.17) is 0 Å². The number of hydrogen-bond acceptors (Lipinski definition) is 3. The summed E-state index contributed by atoms with van der Waals surface area (Å²) in [5.74, 6) is 1.56. The third kappa shape index (κ3) is 4.66. The standard InChI is InChI=1S/C16H30N2OS/c1-3-20-15-8-4-5-12-18(13-15)16(19)10-9-14-7-6-11-17(14)2/h14-15H,3-13H2,1-2H3. The van der Waals surface area contributed by atoms with Crippen LogP contribution in [-0.4, -0.2) is 59.4 Å². The summed E-state index contributed by atoms with van der Waals surface area (Å²) in [6.07, 6.45) is 8.14. The van der Waals surface area contributed by atoms with E-state index < -0.39 is 0 Å². The Hall–Kier alpha value is -0.220. The van der Waals surface area contributed by atoms with Gasteiger partial charge in [-0.2, -0.15) is 11.8 Å². The van der Waals surface area contributed by atoms with Crippen molar-refractivity contribution in [2.45, 2.75) is 63.2 Å². The summed E-state index contributed by atoms with van der Waals surface area (Å²) in [5.41, 5.74) is 0. The maximum Gasteiger partial charge on any atom is 0.222 e. The molecule has 2 rings (SSSR count). The van der Waals surface area contributed by atoms with Crippen LogP contribution in [0.2, 0.25) is 0 Å². The van der Waals surface area contributed by atoms with Crippen LogP contribution in [-0.2, 0) is 4.79 Å².